The lowest BCUT2D eigenvalue weighted by molar-refractivity contribution is -0.107. The van der Waals surface area contributed by atoms with Crippen LogP contribution in [0.5, 0.6) is 0 Å². The number of sulfone groups is 1. The molecular weight excluding hydrogens is 392 g/mol. The molecule has 162 valence electrons. The van der Waals surface area contributed by atoms with Crippen molar-refractivity contribution in [3.05, 3.63) is 76.9 Å². The van der Waals surface area contributed by atoms with Gasteiger partial charge in [0.1, 0.15) is 0 Å². The van der Waals surface area contributed by atoms with Crippen molar-refractivity contribution in [1.29, 1.82) is 0 Å². The summed E-state index contributed by atoms with van der Waals surface area (Å²) in [6.45, 7) is 10.7. The zero-order chi connectivity index (χ0) is 22.4. The highest BCUT2D eigenvalue weighted by atomic mass is 32.2. The van der Waals surface area contributed by atoms with Gasteiger partial charge < -0.3 is 0 Å². The Morgan fingerprint density at radius 1 is 1.13 bits per heavy atom. The molecule has 0 aliphatic heterocycles. The van der Waals surface area contributed by atoms with Gasteiger partial charge in [0.2, 0.25) is 9.84 Å². The summed E-state index contributed by atoms with van der Waals surface area (Å²) in [5.41, 5.74) is 5.08. The minimum Gasteiger partial charge on any atom is -0.276 e. The van der Waals surface area contributed by atoms with Crippen molar-refractivity contribution in [2.24, 2.45) is 5.41 Å². The molecular formula is C26H34O3S. The second kappa shape index (κ2) is 10.2. The quantitative estimate of drug-likeness (QED) is 0.358. The summed E-state index contributed by atoms with van der Waals surface area (Å²) in [5.74, 6) is 0. The van der Waals surface area contributed by atoms with Crippen LogP contribution in [0.25, 0.3) is 0 Å². The summed E-state index contributed by atoms with van der Waals surface area (Å²) >= 11 is 0. The number of carbonyl (C=O) groups is 1. The first-order chi connectivity index (χ1) is 14.0. The third-order valence-corrected chi connectivity index (χ3v) is 7.28. The predicted molar refractivity (Wildman–Crippen MR) is 125 cm³/mol. The number of carbonyl (C=O) groups excluding carboxylic acids is 1. The average Bonchev–Trinajstić information content (AvgIpc) is 2.67. The molecule has 0 saturated heterocycles. The molecule has 4 heteroatoms. The van der Waals surface area contributed by atoms with Gasteiger partial charge in [-0.05, 0) is 82.1 Å². The second-order valence-electron chi connectivity index (χ2n) is 8.88. The molecule has 3 nitrogen and oxygen atoms in total. The SMILES string of the molecule is CC(C=CC1=C(C)CCCC1(C)C)=CCCC(C)=CC(=O)S(=O)(=O)c1ccccc1. The van der Waals surface area contributed by atoms with Crippen molar-refractivity contribution in [3.8, 4) is 0 Å². The maximum Gasteiger partial charge on any atom is 0.274 e. The van der Waals surface area contributed by atoms with E-state index in [2.05, 4.69) is 45.9 Å². The molecule has 1 aromatic carbocycles. The molecule has 0 atom stereocenters. The molecule has 0 unspecified atom stereocenters. The van der Waals surface area contributed by atoms with Crippen LogP contribution in [0, 0.1) is 5.41 Å². The van der Waals surface area contributed by atoms with E-state index in [-0.39, 0.29) is 10.3 Å². The van der Waals surface area contributed by atoms with Crippen molar-refractivity contribution in [2.45, 2.75) is 71.6 Å². The molecule has 0 N–H and O–H groups in total. The molecule has 0 heterocycles. The van der Waals surface area contributed by atoms with Gasteiger partial charge in [-0.1, -0.05) is 67.0 Å². The maximum atomic E-state index is 12.3. The van der Waals surface area contributed by atoms with Gasteiger partial charge in [-0.15, -0.1) is 0 Å². The molecule has 1 aliphatic carbocycles. The Labute approximate surface area is 182 Å². The molecule has 0 saturated carbocycles. The summed E-state index contributed by atoms with van der Waals surface area (Å²) in [4.78, 5) is 12.3. The summed E-state index contributed by atoms with van der Waals surface area (Å²) in [7, 11) is -3.96. The summed E-state index contributed by atoms with van der Waals surface area (Å²) < 4.78 is 24.7. The van der Waals surface area contributed by atoms with E-state index in [1.807, 2.05) is 0 Å². The highest BCUT2D eigenvalue weighted by Gasteiger charge is 2.26. The van der Waals surface area contributed by atoms with Crippen LogP contribution in [0.2, 0.25) is 0 Å². The molecule has 0 spiro atoms. The number of benzene rings is 1. The highest BCUT2D eigenvalue weighted by molar-refractivity contribution is 8.06. The van der Waals surface area contributed by atoms with E-state index in [0.717, 1.165) is 12.0 Å². The van der Waals surface area contributed by atoms with Gasteiger partial charge in [0.15, 0.2) is 0 Å². The van der Waals surface area contributed by atoms with E-state index >= 15 is 0 Å². The molecule has 0 aromatic heterocycles. The maximum absolute atomic E-state index is 12.3. The first-order valence-electron chi connectivity index (χ1n) is 10.6. The minimum atomic E-state index is -3.96. The number of hydrogen-bond donors (Lipinski definition) is 0. The van der Waals surface area contributed by atoms with Gasteiger partial charge in [0.25, 0.3) is 5.12 Å². The van der Waals surface area contributed by atoms with Gasteiger partial charge >= 0.3 is 0 Å². The Morgan fingerprint density at radius 2 is 1.80 bits per heavy atom. The van der Waals surface area contributed by atoms with Crippen molar-refractivity contribution in [3.63, 3.8) is 0 Å². The molecule has 1 aromatic rings. The van der Waals surface area contributed by atoms with Crippen LogP contribution in [-0.4, -0.2) is 13.5 Å². The Morgan fingerprint density at radius 3 is 2.43 bits per heavy atom. The van der Waals surface area contributed by atoms with Gasteiger partial charge in [0, 0.05) is 0 Å². The molecule has 1 aliphatic rings. The zero-order valence-electron chi connectivity index (χ0n) is 18.9. The van der Waals surface area contributed by atoms with Crippen LogP contribution < -0.4 is 0 Å². The van der Waals surface area contributed by atoms with E-state index in [9.17, 15) is 13.2 Å². The zero-order valence-corrected chi connectivity index (χ0v) is 19.7. The van der Waals surface area contributed by atoms with Crippen LogP contribution in [0.15, 0.2) is 81.8 Å². The Hall–Kier alpha value is -2.20. The Bertz CT molecular complexity index is 988. The van der Waals surface area contributed by atoms with Crippen LogP contribution in [0.3, 0.4) is 0 Å². The van der Waals surface area contributed by atoms with E-state index < -0.39 is 15.0 Å². The number of allylic oxidation sites excluding steroid dienone is 7. The van der Waals surface area contributed by atoms with Gasteiger partial charge in [0.05, 0.1) is 4.90 Å². The molecule has 0 bridgehead atoms. The third-order valence-electron chi connectivity index (χ3n) is 5.74. The third kappa shape index (κ3) is 6.40. The van der Waals surface area contributed by atoms with Crippen molar-refractivity contribution < 1.29 is 13.2 Å². The molecule has 0 radical (unpaired) electrons. The lowest BCUT2D eigenvalue weighted by Gasteiger charge is -2.32. The van der Waals surface area contributed by atoms with E-state index in [1.165, 1.54) is 54.2 Å². The normalized spacial score (nSPS) is 18.2. The summed E-state index contributed by atoms with van der Waals surface area (Å²) in [5, 5.41) is -0.853. The van der Waals surface area contributed by atoms with Crippen LogP contribution >= 0.6 is 0 Å². The fourth-order valence-corrected chi connectivity index (χ4v) is 4.99. The van der Waals surface area contributed by atoms with Gasteiger partial charge in [-0.25, -0.2) is 8.42 Å². The summed E-state index contributed by atoms with van der Waals surface area (Å²) in [6.07, 6.45) is 12.9. The lowest BCUT2D eigenvalue weighted by atomic mass is 9.72. The topological polar surface area (TPSA) is 51.2 Å². The van der Waals surface area contributed by atoms with Gasteiger partial charge in [-0.3, -0.25) is 4.79 Å². The fraction of sp³-hybridized carbons (Fsp3) is 0.423. The van der Waals surface area contributed by atoms with E-state index in [0.29, 0.717) is 6.42 Å². The lowest BCUT2D eigenvalue weighted by Crippen LogP contribution is -2.19. The van der Waals surface area contributed by atoms with Crippen molar-refractivity contribution in [2.75, 3.05) is 0 Å². The first-order valence-corrected chi connectivity index (χ1v) is 12.1. The Kier molecular flexibility index (Phi) is 8.19. The largest absolute Gasteiger partial charge is 0.276 e. The first kappa shape index (κ1) is 24.1. The van der Waals surface area contributed by atoms with Crippen LogP contribution in [0.1, 0.15) is 66.7 Å². The van der Waals surface area contributed by atoms with E-state index in [4.69, 9.17) is 0 Å². The molecule has 30 heavy (non-hydrogen) atoms. The van der Waals surface area contributed by atoms with Crippen molar-refractivity contribution >= 4 is 15.0 Å². The minimum absolute atomic E-state index is 0.0372. The van der Waals surface area contributed by atoms with Crippen LogP contribution in [0.4, 0.5) is 0 Å². The smallest absolute Gasteiger partial charge is 0.274 e. The van der Waals surface area contributed by atoms with Crippen LogP contribution in [-0.2, 0) is 14.6 Å². The van der Waals surface area contributed by atoms with Gasteiger partial charge in [-0.2, -0.15) is 0 Å². The molecule has 0 amide bonds. The summed E-state index contributed by atoms with van der Waals surface area (Å²) in [6, 6.07) is 7.84. The van der Waals surface area contributed by atoms with E-state index in [1.54, 1.807) is 25.1 Å². The monoisotopic (exact) mass is 426 g/mol. The van der Waals surface area contributed by atoms with Crippen molar-refractivity contribution in [1.82, 2.24) is 0 Å². The number of rotatable bonds is 7. The second-order valence-corrected chi connectivity index (χ2v) is 10.8. The predicted octanol–water partition coefficient (Wildman–Crippen LogP) is 6.74. The standard InChI is InChI=1S/C26H34O3S/c1-20(16-17-24-22(3)13-10-18-26(24,4)5)11-9-12-21(2)19-25(27)30(28,29)23-14-7-6-8-15-23/h6-8,11,14-17,19H,9-10,12-13,18H2,1-5H3. The number of hydrogen-bond acceptors (Lipinski definition) is 3. The highest BCUT2D eigenvalue weighted by Crippen LogP contribution is 2.40. The average molecular weight is 427 g/mol. The fourth-order valence-electron chi connectivity index (χ4n) is 3.89. The molecule has 2 rings (SSSR count). The Balaban J connectivity index is 1.98. The molecule has 0 fully saturated rings.